The van der Waals surface area contributed by atoms with Crippen molar-refractivity contribution in [3.8, 4) is 11.4 Å². The predicted molar refractivity (Wildman–Crippen MR) is 124 cm³/mol. The molecule has 8 heteroatoms. The normalized spacial score (nSPS) is 16.0. The Bertz CT molecular complexity index is 1200. The lowest BCUT2D eigenvalue weighted by Gasteiger charge is -2.33. The highest BCUT2D eigenvalue weighted by Crippen LogP contribution is 2.33. The topological polar surface area (TPSA) is 75.2 Å². The third-order valence-corrected chi connectivity index (χ3v) is 5.93. The van der Waals surface area contributed by atoms with Crippen molar-refractivity contribution in [1.29, 1.82) is 0 Å². The standard InChI is InChI=1S/C25H24ClFN4O2/c1-25(2,30-23(32)18-9-3-4-10-19(18)27)24(33)31-14-6-11-21(31)20-12-13-28-22(29-20)16-7-5-8-17(26)15-16/h3-5,7-10,12-13,15,21H,6,11,14H2,1-2H3,(H,30,32)/t21-/m1/s1. The minimum atomic E-state index is -1.23. The van der Waals surface area contributed by atoms with E-state index in [1.165, 1.54) is 18.2 Å². The van der Waals surface area contributed by atoms with Gasteiger partial charge in [0.15, 0.2) is 5.82 Å². The molecule has 4 rings (SSSR count). The number of hydrogen-bond acceptors (Lipinski definition) is 4. The van der Waals surface area contributed by atoms with Crippen molar-refractivity contribution < 1.29 is 14.0 Å². The number of likely N-dealkylation sites (tertiary alicyclic amines) is 1. The van der Waals surface area contributed by atoms with Gasteiger partial charge in [-0.2, -0.15) is 0 Å². The summed E-state index contributed by atoms with van der Waals surface area (Å²) in [6.07, 6.45) is 3.23. The first-order valence-electron chi connectivity index (χ1n) is 10.7. The van der Waals surface area contributed by atoms with Crippen molar-refractivity contribution in [1.82, 2.24) is 20.2 Å². The van der Waals surface area contributed by atoms with Crippen LogP contribution in [0.4, 0.5) is 4.39 Å². The first kappa shape index (κ1) is 22.9. The number of carbonyl (C=O) groups excluding carboxylic acids is 2. The van der Waals surface area contributed by atoms with E-state index in [0.717, 1.165) is 24.1 Å². The highest BCUT2D eigenvalue weighted by molar-refractivity contribution is 6.30. The van der Waals surface area contributed by atoms with Gasteiger partial charge in [0.05, 0.1) is 17.3 Å². The maximum atomic E-state index is 14.0. The Morgan fingerprint density at radius 2 is 1.94 bits per heavy atom. The highest BCUT2D eigenvalue weighted by atomic mass is 35.5. The van der Waals surface area contributed by atoms with Crippen LogP contribution in [0.15, 0.2) is 60.8 Å². The van der Waals surface area contributed by atoms with Gasteiger partial charge in [0.2, 0.25) is 5.91 Å². The number of carbonyl (C=O) groups is 2. The largest absolute Gasteiger partial charge is 0.338 e. The van der Waals surface area contributed by atoms with E-state index < -0.39 is 17.3 Å². The van der Waals surface area contributed by atoms with E-state index in [1.54, 1.807) is 49.2 Å². The zero-order chi connectivity index (χ0) is 23.6. The summed E-state index contributed by atoms with van der Waals surface area (Å²) in [5.74, 6) is -0.988. The molecule has 2 aromatic carbocycles. The molecule has 0 aliphatic carbocycles. The van der Waals surface area contributed by atoms with Gasteiger partial charge in [0.1, 0.15) is 11.4 Å². The van der Waals surface area contributed by atoms with Crippen LogP contribution in [0.2, 0.25) is 5.02 Å². The molecule has 1 aromatic heterocycles. The van der Waals surface area contributed by atoms with Crippen molar-refractivity contribution in [2.24, 2.45) is 0 Å². The summed E-state index contributed by atoms with van der Waals surface area (Å²) in [5, 5.41) is 3.28. The van der Waals surface area contributed by atoms with Crippen LogP contribution in [0.25, 0.3) is 11.4 Å². The Morgan fingerprint density at radius 3 is 2.70 bits per heavy atom. The third-order valence-electron chi connectivity index (χ3n) is 5.69. The van der Waals surface area contributed by atoms with Crippen LogP contribution in [0.3, 0.4) is 0 Å². The minimum Gasteiger partial charge on any atom is -0.338 e. The van der Waals surface area contributed by atoms with Crippen molar-refractivity contribution in [3.05, 3.63) is 82.9 Å². The second-order valence-electron chi connectivity index (χ2n) is 8.53. The molecule has 1 saturated heterocycles. The van der Waals surface area contributed by atoms with E-state index in [0.29, 0.717) is 17.4 Å². The van der Waals surface area contributed by atoms with Gasteiger partial charge in [-0.3, -0.25) is 9.59 Å². The molecule has 1 atom stereocenters. The number of halogens is 2. The molecule has 0 unspecified atom stereocenters. The Labute approximate surface area is 196 Å². The Kier molecular flexibility index (Phi) is 6.42. The first-order valence-corrected chi connectivity index (χ1v) is 11.1. The molecule has 2 amide bonds. The van der Waals surface area contributed by atoms with Crippen LogP contribution in [0.5, 0.6) is 0 Å². The third kappa shape index (κ3) is 4.88. The van der Waals surface area contributed by atoms with Crippen LogP contribution in [0.1, 0.15) is 48.8 Å². The fourth-order valence-corrected chi connectivity index (χ4v) is 4.24. The number of hydrogen-bond donors (Lipinski definition) is 1. The minimum absolute atomic E-state index is 0.0988. The molecule has 1 aliphatic rings. The molecule has 1 fully saturated rings. The van der Waals surface area contributed by atoms with Crippen LogP contribution in [-0.2, 0) is 4.79 Å². The van der Waals surface area contributed by atoms with Crippen LogP contribution >= 0.6 is 11.6 Å². The Hall–Kier alpha value is -3.32. The average molecular weight is 467 g/mol. The van der Waals surface area contributed by atoms with Crippen molar-refractivity contribution in [3.63, 3.8) is 0 Å². The maximum Gasteiger partial charge on any atom is 0.255 e. The van der Waals surface area contributed by atoms with Gasteiger partial charge >= 0.3 is 0 Å². The molecule has 6 nitrogen and oxygen atoms in total. The number of nitrogens with one attached hydrogen (secondary N) is 1. The fraction of sp³-hybridized carbons (Fsp3) is 0.280. The number of rotatable bonds is 5. The Balaban J connectivity index is 1.55. The monoisotopic (exact) mass is 466 g/mol. The van der Waals surface area contributed by atoms with Gasteiger partial charge < -0.3 is 10.2 Å². The van der Waals surface area contributed by atoms with Gasteiger partial charge in [-0.05, 0) is 57.0 Å². The number of aromatic nitrogens is 2. The molecule has 3 aromatic rings. The fourth-order valence-electron chi connectivity index (χ4n) is 4.05. The van der Waals surface area contributed by atoms with Crippen LogP contribution in [-0.4, -0.2) is 38.8 Å². The van der Waals surface area contributed by atoms with E-state index >= 15 is 0 Å². The lowest BCUT2D eigenvalue weighted by atomic mass is 10.0. The van der Waals surface area contributed by atoms with Gasteiger partial charge in [0, 0.05) is 23.3 Å². The molecule has 1 N–H and O–H groups in total. The van der Waals surface area contributed by atoms with E-state index in [4.69, 9.17) is 16.6 Å². The quantitative estimate of drug-likeness (QED) is 0.585. The van der Waals surface area contributed by atoms with E-state index in [1.807, 2.05) is 12.1 Å². The van der Waals surface area contributed by atoms with Crippen LogP contribution < -0.4 is 5.32 Å². The van der Waals surface area contributed by atoms with Gasteiger partial charge in [-0.1, -0.05) is 35.9 Å². The number of nitrogens with zero attached hydrogens (tertiary/aromatic N) is 3. The summed E-state index contributed by atoms with van der Waals surface area (Å²) in [4.78, 5) is 36.9. The maximum absolute atomic E-state index is 14.0. The van der Waals surface area contributed by atoms with E-state index in [2.05, 4.69) is 10.3 Å². The molecule has 0 radical (unpaired) electrons. The smallest absolute Gasteiger partial charge is 0.255 e. The van der Waals surface area contributed by atoms with E-state index in [9.17, 15) is 14.0 Å². The molecule has 1 aliphatic heterocycles. The molecule has 0 spiro atoms. The molecule has 170 valence electrons. The van der Waals surface area contributed by atoms with E-state index in [-0.39, 0.29) is 17.5 Å². The van der Waals surface area contributed by atoms with Gasteiger partial charge in [0.25, 0.3) is 5.91 Å². The lowest BCUT2D eigenvalue weighted by Crippen LogP contribution is -2.55. The average Bonchev–Trinajstić information content (AvgIpc) is 3.28. The van der Waals surface area contributed by atoms with Crippen molar-refractivity contribution in [2.75, 3.05) is 6.54 Å². The zero-order valence-electron chi connectivity index (χ0n) is 18.4. The molecule has 33 heavy (non-hydrogen) atoms. The zero-order valence-corrected chi connectivity index (χ0v) is 19.1. The van der Waals surface area contributed by atoms with Crippen molar-refractivity contribution >= 4 is 23.4 Å². The first-order chi connectivity index (χ1) is 15.8. The number of amides is 2. The second-order valence-corrected chi connectivity index (χ2v) is 8.97. The highest BCUT2D eigenvalue weighted by Gasteiger charge is 2.40. The summed E-state index contributed by atoms with van der Waals surface area (Å²) in [7, 11) is 0. The summed E-state index contributed by atoms with van der Waals surface area (Å²) in [5.41, 5.74) is 0.184. The SMILES string of the molecule is CC(C)(NC(=O)c1ccccc1F)C(=O)N1CCC[C@@H]1c1ccnc(-c2cccc(Cl)c2)n1. The molecular formula is C25H24ClFN4O2. The lowest BCUT2D eigenvalue weighted by molar-refractivity contribution is -0.137. The second kappa shape index (κ2) is 9.27. The summed E-state index contributed by atoms with van der Waals surface area (Å²) >= 11 is 6.11. The van der Waals surface area contributed by atoms with Crippen molar-refractivity contribution in [2.45, 2.75) is 38.3 Å². The van der Waals surface area contributed by atoms with Gasteiger partial charge in [-0.25, -0.2) is 14.4 Å². The Morgan fingerprint density at radius 1 is 1.15 bits per heavy atom. The molecule has 2 heterocycles. The predicted octanol–water partition coefficient (Wildman–Crippen LogP) is 4.81. The summed E-state index contributed by atoms with van der Waals surface area (Å²) < 4.78 is 14.0. The van der Waals surface area contributed by atoms with Crippen LogP contribution in [0, 0.1) is 5.82 Å². The molecule has 0 bridgehead atoms. The summed E-state index contributed by atoms with van der Waals surface area (Å²) in [6.45, 7) is 3.79. The summed E-state index contributed by atoms with van der Waals surface area (Å²) in [6, 6.07) is 14.5. The molecular weight excluding hydrogens is 443 g/mol. The molecule has 0 saturated carbocycles. The van der Waals surface area contributed by atoms with Gasteiger partial charge in [-0.15, -0.1) is 0 Å². The number of benzene rings is 2.